The zero-order valence-corrected chi connectivity index (χ0v) is 15.3. The predicted octanol–water partition coefficient (Wildman–Crippen LogP) is 2.43. The molecule has 0 N–H and O–H groups in total. The SMILES string of the molecule is CCOC(=O)N1CCc2cc(CN3CCOCC3)c(OCC)cc2C1. The number of hydrogen-bond donors (Lipinski definition) is 0. The van der Waals surface area contributed by atoms with Crippen LogP contribution in [0.1, 0.15) is 30.5 Å². The van der Waals surface area contributed by atoms with E-state index >= 15 is 0 Å². The number of rotatable bonds is 5. The highest BCUT2D eigenvalue weighted by Gasteiger charge is 2.24. The molecule has 2 aliphatic heterocycles. The number of benzene rings is 1. The number of carbonyl (C=O) groups is 1. The molecule has 0 aliphatic carbocycles. The van der Waals surface area contributed by atoms with Crippen molar-refractivity contribution in [1.29, 1.82) is 0 Å². The van der Waals surface area contributed by atoms with Gasteiger partial charge in [-0.05, 0) is 37.5 Å². The van der Waals surface area contributed by atoms with Crippen molar-refractivity contribution in [3.63, 3.8) is 0 Å². The first-order valence-electron chi connectivity index (χ1n) is 9.20. The van der Waals surface area contributed by atoms with Gasteiger partial charge in [0.2, 0.25) is 0 Å². The van der Waals surface area contributed by atoms with Gasteiger partial charge in [0.25, 0.3) is 0 Å². The molecule has 2 aliphatic rings. The van der Waals surface area contributed by atoms with E-state index in [4.69, 9.17) is 14.2 Å². The summed E-state index contributed by atoms with van der Waals surface area (Å²) >= 11 is 0. The first kappa shape index (κ1) is 18.0. The highest BCUT2D eigenvalue weighted by Crippen LogP contribution is 2.29. The van der Waals surface area contributed by atoms with Crippen molar-refractivity contribution in [3.05, 3.63) is 28.8 Å². The van der Waals surface area contributed by atoms with Crippen molar-refractivity contribution in [2.75, 3.05) is 46.1 Å². The molecule has 2 heterocycles. The van der Waals surface area contributed by atoms with Gasteiger partial charge >= 0.3 is 6.09 Å². The van der Waals surface area contributed by atoms with Crippen LogP contribution in [0.4, 0.5) is 4.79 Å². The third kappa shape index (κ3) is 4.44. The standard InChI is InChI=1S/C19H28N2O4/c1-3-24-18-12-16-14-21(19(22)25-4-2)6-5-15(16)11-17(18)13-20-7-9-23-10-8-20/h11-12H,3-10,13-14H2,1-2H3. The van der Waals surface area contributed by atoms with Gasteiger partial charge in [-0.1, -0.05) is 6.07 Å². The van der Waals surface area contributed by atoms with Crippen molar-refractivity contribution < 1.29 is 19.0 Å². The number of amides is 1. The summed E-state index contributed by atoms with van der Waals surface area (Å²) in [6.07, 6.45) is 0.625. The smallest absolute Gasteiger partial charge is 0.410 e. The van der Waals surface area contributed by atoms with Gasteiger partial charge in [-0.15, -0.1) is 0 Å². The molecule has 0 spiro atoms. The lowest BCUT2D eigenvalue weighted by Gasteiger charge is -2.31. The molecule has 0 saturated carbocycles. The van der Waals surface area contributed by atoms with Crippen LogP contribution in [0.2, 0.25) is 0 Å². The van der Waals surface area contributed by atoms with Crippen LogP contribution in [0, 0.1) is 0 Å². The molecule has 138 valence electrons. The Morgan fingerprint density at radius 2 is 1.92 bits per heavy atom. The summed E-state index contributed by atoms with van der Waals surface area (Å²) in [6, 6.07) is 4.37. The lowest BCUT2D eigenvalue weighted by Crippen LogP contribution is -2.37. The van der Waals surface area contributed by atoms with Crippen molar-refractivity contribution in [2.45, 2.75) is 33.4 Å². The second kappa shape index (κ2) is 8.54. The largest absolute Gasteiger partial charge is 0.494 e. The van der Waals surface area contributed by atoms with Crippen LogP contribution in [0.25, 0.3) is 0 Å². The minimum atomic E-state index is -0.233. The zero-order chi connectivity index (χ0) is 17.6. The van der Waals surface area contributed by atoms with E-state index in [-0.39, 0.29) is 6.09 Å². The van der Waals surface area contributed by atoms with Gasteiger partial charge in [-0.2, -0.15) is 0 Å². The fourth-order valence-electron chi connectivity index (χ4n) is 3.42. The molecular formula is C19H28N2O4. The number of morpholine rings is 1. The molecule has 6 heteroatoms. The Bertz CT molecular complexity index is 599. The highest BCUT2D eigenvalue weighted by molar-refractivity contribution is 5.68. The van der Waals surface area contributed by atoms with E-state index in [9.17, 15) is 4.79 Å². The van der Waals surface area contributed by atoms with Crippen LogP contribution in [-0.2, 0) is 29.0 Å². The van der Waals surface area contributed by atoms with Crippen LogP contribution in [0.15, 0.2) is 12.1 Å². The van der Waals surface area contributed by atoms with Crippen LogP contribution in [-0.4, -0.2) is 62.0 Å². The Morgan fingerprint density at radius 1 is 1.12 bits per heavy atom. The molecule has 1 saturated heterocycles. The molecule has 0 radical (unpaired) electrons. The molecule has 3 rings (SSSR count). The average molecular weight is 348 g/mol. The molecule has 1 aromatic rings. The molecule has 25 heavy (non-hydrogen) atoms. The maximum absolute atomic E-state index is 12.0. The minimum Gasteiger partial charge on any atom is -0.494 e. The Kier molecular flexibility index (Phi) is 6.15. The maximum atomic E-state index is 12.0. The molecule has 1 aromatic carbocycles. The Hall–Kier alpha value is -1.79. The second-order valence-electron chi connectivity index (χ2n) is 6.42. The first-order chi connectivity index (χ1) is 12.2. The van der Waals surface area contributed by atoms with E-state index in [1.807, 2.05) is 13.8 Å². The van der Waals surface area contributed by atoms with E-state index in [1.165, 1.54) is 11.1 Å². The summed E-state index contributed by atoms with van der Waals surface area (Å²) in [5.41, 5.74) is 3.70. The van der Waals surface area contributed by atoms with Gasteiger partial charge in [0, 0.05) is 38.3 Å². The topological polar surface area (TPSA) is 51.2 Å². The highest BCUT2D eigenvalue weighted by atomic mass is 16.6. The zero-order valence-electron chi connectivity index (χ0n) is 15.3. The summed E-state index contributed by atoms with van der Waals surface area (Å²) < 4.78 is 16.5. The van der Waals surface area contributed by atoms with Gasteiger partial charge in [0.1, 0.15) is 5.75 Å². The molecular weight excluding hydrogens is 320 g/mol. The lowest BCUT2D eigenvalue weighted by atomic mass is 9.96. The Labute approximate surface area is 149 Å². The number of hydrogen-bond acceptors (Lipinski definition) is 5. The summed E-state index contributed by atoms with van der Waals surface area (Å²) in [5, 5.41) is 0. The molecule has 0 unspecified atom stereocenters. The fraction of sp³-hybridized carbons (Fsp3) is 0.632. The normalized spacial score (nSPS) is 17.9. The maximum Gasteiger partial charge on any atom is 0.410 e. The van der Waals surface area contributed by atoms with Crippen LogP contribution >= 0.6 is 0 Å². The predicted molar refractivity (Wildman–Crippen MR) is 94.8 cm³/mol. The quantitative estimate of drug-likeness (QED) is 0.818. The van der Waals surface area contributed by atoms with Crippen molar-refractivity contribution in [3.8, 4) is 5.75 Å². The third-order valence-corrected chi connectivity index (χ3v) is 4.72. The molecule has 1 fully saturated rings. The van der Waals surface area contributed by atoms with Crippen molar-refractivity contribution in [1.82, 2.24) is 9.80 Å². The van der Waals surface area contributed by atoms with Crippen LogP contribution in [0.5, 0.6) is 5.75 Å². The van der Waals surface area contributed by atoms with Gasteiger partial charge in [-0.25, -0.2) is 4.79 Å². The molecule has 0 aromatic heterocycles. The molecule has 6 nitrogen and oxygen atoms in total. The summed E-state index contributed by atoms with van der Waals surface area (Å²) in [4.78, 5) is 16.2. The van der Waals surface area contributed by atoms with E-state index < -0.39 is 0 Å². The van der Waals surface area contributed by atoms with Gasteiger partial charge in [-0.3, -0.25) is 4.90 Å². The Morgan fingerprint density at radius 3 is 2.64 bits per heavy atom. The average Bonchev–Trinajstić information content (AvgIpc) is 2.63. The van der Waals surface area contributed by atoms with Gasteiger partial charge in [0.05, 0.1) is 26.4 Å². The van der Waals surface area contributed by atoms with E-state index in [0.29, 0.717) is 26.3 Å². The lowest BCUT2D eigenvalue weighted by molar-refractivity contribution is 0.0338. The van der Waals surface area contributed by atoms with E-state index in [2.05, 4.69) is 17.0 Å². The molecule has 1 amide bonds. The monoisotopic (exact) mass is 348 g/mol. The summed E-state index contributed by atoms with van der Waals surface area (Å²) in [6.45, 7) is 10.6. The third-order valence-electron chi connectivity index (χ3n) is 4.72. The number of fused-ring (bicyclic) bond motifs is 1. The molecule has 0 atom stereocenters. The summed E-state index contributed by atoms with van der Waals surface area (Å²) in [5.74, 6) is 0.929. The molecule has 0 bridgehead atoms. The van der Waals surface area contributed by atoms with Crippen LogP contribution < -0.4 is 4.74 Å². The minimum absolute atomic E-state index is 0.233. The second-order valence-corrected chi connectivity index (χ2v) is 6.42. The van der Waals surface area contributed by atoms with Gasteiger partial charge < -0.3 is 19.1 Å². The summed E-state index contributed by atoms with van der Waals surface area (Å²) in [7, 11) is 0. The van der Waals surface area contributed by atoms with Crippen molar-refractivity contribution in [2.24, 2.45) is 0 Å². The van der Waals surface area contributed by atoms with Gasteiger partial charge in [0.15, 0.2) is 0 Å². The Balaban J connectivity index is 1.78. The van der Waals surface area contributed by atoms with Crippen molar-refractivity contribution >= 4 is 6.09 Å². The number of nitrogens with zero attached hydrogens (tertiary/aromatic N) is 2. The fourth-order valence-corrected chi connectivity index (χ4v) is 3.42. The van der Waals surface area contributed by atoms with E-state index in [1.54, 1.807) is 4.90 Å². The van der Waals surface area contributed by atoms with E-state index in [0.717, 1.165) is 50.6 Å². The first-order valence-corrected chi connectivity index (χ1v) is 9.20. The number of carbonyl (C=O) groups excluding carboxylic acids is 1. The van der Waals surface area contributed by atoms with Crippen LogP contribution in [0.3, 0.4) is 0 Å². The number of ether oxygens (including phenoxy) is 3.